The van der Waals surface area contributed by atoms with Gasteiger partial charge < -0.3 is 49.6 Å². The van der Waals surface area contributed by atoms with Gasteiger partial charge in [-0.05, 0) is 12.0 Å². The van der Waals surface area contributed by atoms with Crippen LogP contribution in [0.2, 0.25) is 0 Å². The Morgan fingerprint density at radius 3 is 2.54 bits per heavy atom. The van der Waals surface area contributed by atoms with Crippen LogP contribution in [-0.2, 0) is 23.7 Å². The molecule has 3 aliphatic rings. The predicted molar refractivity (Wildman–Crippen MR) is 88.0 cm³/mol. The summed E-state index contributed by atoms with van der Waals surface area (Å²) in [5.74, 6) is -1.84. The van der Waals surface area contributed by atoms with Crippen molar-refractivity contribution < 1.29 is 54.4 Å². The lowest BCUT2D eigenvalue weighted by Gasteiger charge is -2.44. The lowest BCUT2D eigenvalue weighted by atomic mass is 9.79. The van der Waals surface area contributed by atoms with Crippen molar-refractivity contribution in [1.82, 2.24) is 0 Å². The van der Waals surface area contributed by atoms with Crippen molar-refractivity contribution in [3.63, 3.8) is 0 Å². The van der Waals surface area contributed by atoms with E-state index < -0.39 is 67.7 Å². The molecular weight excluding hydrogens is 380 g/mol. The summed E-state index contributed by atoms with van der Waals surface area (Å²) >= 11 is 0. The molecule has 0 aromatic heterocycles. The molecule has 11 heteroatoms. The average Bonchev–Trinajstić information content (AvgIpc) is 3.05. The first-order valence-corrected chi connectivity index (χ1v) is 8.71. The molecule has 2 heterocycles. The lowest BCUT2D eigenvalue weighted by molar-refractivity contribution is -0.343. The normalized spacial score (nSPS) is 42.9. The van der Waals surface area contributed by atoms with E-state index in [-0.39, 0.29) is 12.0 Å². The van der Waals surface area contributed by atoms with Gasteiger partial charge in [-0.25, -0.2) is 4.79 Å². The molecule has 0 amide bonds. The molecule has 0 bridgehead atoms. The van der Waals surface area contributed by atoms with E-state index >= 15 is 0 Å². The van der Waals surface area contributed by atoms with E-state index in [2.05, 4.69) is 4.74 Å². The lowest BCUT2D eigenvalue weighted by Crippen LogP contribution is -2.61. The van der Waals surface area contributed by atoms with Crippen molar-refractivity contribution in [2.75, 3.05) is 20.3 Å². The molecule has 0 aromatic carbocycles. The maximum absolute atomic E-state index is 12.0. The maximum atomic E-state index is 12.0. The van der Waals surface area contributed by atoms with Gasteiger partial charge in [0, 0.05) is 0 Å². The zero-order valence-electron chi connectivity index (χ0n) is 15.0. The minimum absolute atomic E-state index is 0.00754. The molecule has 1 saturated heterocycles. The van der Waals surface area contributed by atoms with Gasteiger partial charge >= 0.3 is 5.97 Å². The Labute approximate surface area is 160 Å². The van der Waals surface area contributed by atoms with E-state index in [1.807, 2.05) is 0 Å². The minimum Gasteiger partial charge on any atom is -0.471 e. The zero-order chi connectivity index (χ0) is 20.6. The molecule has 1 fully saturated rings. The van der Waals surface area contributed by atoms with E-state index in [0.29, 0.717) is 5.57 Å². The number of aliphatic hydroxyl groups excluding tert-OH is 5. The van der Waals surface area contributed by atoms with Crippen LogP contribution < -0.4 is 0 Å². The predicted octanol–water partition coefficient (Wildman–Crippen LogP) is -3.11. The summed E-state index contributed by atoms with van der Waals surface area (Å²) in [7, 11) is 1.15. The number of carbonyl (C=O) groups is 1. The van der Waals surface area contributed by atoms with Crippen LogP contribution in [0.15, 0.2) is 23.5 Å². The summed E-state index contributed by atoms with van der Waals surface area (Å²) in [5, 5.41) is 59.9. The van der Waals surface area contributed by atoms with Crippen LogP contribution in [0.3, 0.4) is 0 Å². The fraction of sp³-hybridized carbons (Fsp3) is 0.706. The molecule has 0 unspecified atom stereocenters. The number of aliphatic hydroxyl groups is 6. The molecule has 0 radical (unpaired) electrons. The molecule has 3 rings (SSSR count). The SMILES string of the molecule is COC(=O)C1=CO[C@@H](O[C@@H]2O[C@H](CO)[C@@H](O)[C@H](O)[C@H]2O)[C@@H]2C(CO)=CC[C@]12O. The van der Waals surface area contributed by atoms with Crippen LogP contribution in [0.4, 0.5) is 0 Å². The number of carbonyl (C=O) groups excluding carboxylic acids is 1. The third-order valence-corrected chi connectivity index (χ3v) is 5.35. The van der Waals surface area contributed by atoms with Crippen molar-refractivity contribution >= 4 is 5.97 Å². The Kier molecular flexibility index (Phi) is 6.08. The van der Waals surface area contributed by atoms with E-state index in [4.69, 9.17) is 14.2 Å². The smallest absolute Gasteiger partial charge is 0.339 e. The number of methoxy groups -OCH3 is 1. The number of ether oxygens (including phenoxy) is 4. The average molecular weight is 404 g/mol. The fourth-order valence-electron chi connectivity index (χ4n) is 3.76. The highest BCUT2D eigenvalue weighted by atomic mass is 16.8. The van der Waals surface area contributed by atoms with E-state index in [1.165, 1.54) is 0 Å². The Balaban J connectivity index is 1.86. The standard InChI is InChI=1S/C17H24O11/c1-25-14(23)8-6-26-15(10-7(4-18)2-3-17(8,10)24)28-16-13(22)12(21)11(20)9(5-19)27-16/h2,6,9-13,15-16,18-22,24H,3-5H2,1H3/t9-,10+,11-,12+,13-,15+,16+,17+/m1/s1. The second-order valence-electron chi connectivity index (χ2n) is 6.90. The van der Waals surface area contributed by atoms with E-state index in [0.717, 1.165) is 13.4 Å². The Morgan fingerprint density at radius 2 is 1.93 bits per heavy atom. The van der Waals surface area contributed by atoms with Gasteiger partial charge in [0.2, 0.25) is 6.29 Å². The molecule has 8 atom stereocenters. The number of hydrogen-bond donors (Lipinski definition) is 6. The second-order valence-corrected chi connectivity index (χ2v) is 6.90. The molecular formula is C17H24O11. The van der Waals surface area contributed by atoms with Crippen LogP contribution in [0.1, 0.15) is 6.42 Å². The van der Waals surface area contributed by atoms with Crippen LogP contribution in [-0.4, -0.2) is 99.5 Å². The fourth-order valence-corrected chi connectivity index (χ4v) is 3.76. The first-order valence-electron chi connectivity index (χ1n) is 8.71. The van der Waals surface area contributed by atoms with Gasteiger partial charge in [0.05, 0.1) is 32.5 Å². The summed E-state index contributed by atoms with van der Waals surface area (Å²) in [4.78, 5) is 12.0. The van der Waals surface area contributed by atoms with Gasteiger partial charge in [-0.2, -0.15) is 0 Å². The Morgan fingerprint density at radius 1 is 1.21 bits per heavy atom. The molecule has 6 N–H and O–H groups in total. The van der Waals surface area contributed by atoms with Gasteiger partial charge in [-0.1, -0.05) is 6.08 Å². The highest BCUT2D eigenvalue weighted by molar-refractivity contribution is 5.91. The van der Waals surface area contributed by atoms with Crippen molar-refractivity contribution in [2.45, 2.75) is 49.0 Å². The summed E-state index contributed by atoms with van der Waals surface area (Å²) in [6.07, 6.45) is -6.39. The van der Waals surface area contributed by atoms with Crippen LogP contribution >= 0.6 is 0 Å². The van der Waals surface area contributed by atoms with Gasteiger partial charge in [-0.15, -0.1) is 0 Å². The largest absolute Gasteiger partial charge is 0.471 e. The Hall–Kier alpha value is -1.57. The molecule has 0 spiro atoms. The van der Waals surface area contributed by atoms with E-state index in [9.17, 15) is 35.4 Å². The maximum Gasteiger partial charge on any atom is 0.339 e. The van der Waals surface area contributed by atoms with Gasteiger partial charge in [0.15, 0.2) is 6.29 Å². The van der Waals surface area contributed by atoms with Crippen LogP contribution in [0.5, 0.6) is 0 Å². The molecule has 0 aromatic rings. The van der Waals surface area contributed by atoms with Crippen LogP contribution in [0, 0.1) is 5.92 Å². The third kappa shape index (κ3) is 3.33. The molecule has 158 valence electrons. The monoisotopic (exact) mass is 404 g/mol. The number of esters is 1. The summed E-state index contributed by atoms with van der Waals surface area (Å²) in [6.45, 7) is -1.09. The summed E-state index contributed by atoms with van der Waals surface area (Å²) in [6, 6.07) is 0. The summed E-state index contributed by atoms with van der Waals surface area (Å²) < 4.78 is 20.9. The van der Waals surface area contributed by atoms with Crippen LogP contribution in [0.25, 0.3) is 0 Å². The number of hydrogen-bond acceptors (Lipinski definition) is 11. The van der Waals surface area contributed by atoms with Gasteiger partial charge in [-0.3, -0.25) is 0 Å². The highest BCUT2D eigenvalue weighted by Gasteiger charge is 2.57. The molecule has 28 heavy (non-hydrogen) atoms. The minimum atomic E-state index is -1.78. The van der Waals surface area contributed by atoms with Crippen molar-refractivity contribution in [2.24, 2.45) is 5.92 Å². The van der Waals surface area contributed by atoms with Crippen molar-refractivity contribution in [3.05, 3.63) is 23.5 Å². The molecule has 2 aliphatic heterocycles. The molecule has 1 aliphatic carbocycles. The highest BCUT2D eigenvalue weighted by Crippen LogP contribution is 2.47. The first-order chi connectivity index (χ1) is 13.3. The molecule has 11 nitrogen and oxygen atoms in total. The summed E-state index contributed by atoms with van der Waals surface area (Å²) in [5.41, 5.74) is -1.60. The Bertz CT molecular complexity index is 659. The van der Waals surface area contributed by atoms with Gasteiger partial charge in [0.1, 0.15) is 35.6 Å². The number of rotatable bonds is 5. The van der Waals surface area contributed by atoms with Gasteiger partial charge in [0.25, 0.3) is 0 Å². The quantitative estimate of drug-likeness (QED) is 0.202. The van der Waals surface area contributed by atoms with Crippen molar-refractivity contribution in [3.8, 4) is 0 Å². The van der Waals surface area contributed by atoms with E-state index in [1.54, 1.807) is 6.08 Å². The zero-order valence-corrected chi connectivity index (χ0v) is 15.0. The molecule has 0 saturated carbocycles. The first kappa shape index (κ1) is 21.1. The topological polar surface area (TPSA) is 175 Å². The number of fused-ring (bicyclic) bond motifs is 1. The van der Waals surface area contributed by atoms with Crippen molar-refractivity contribution in [1.29, 1.82) is 0 Å². The second kappa shape index (κ2) is 8.05. The third-order valence-electron chi connectivity index (χ3n) is 5.35.